The topological polar surface area (TPSA) is 52.6 Å². The number of hydrogen-bond acceptors (Lipinski definition) is 4. The summed E-state index contributed by atoms with van der Waals surface area (Å²) in [6.07, 6.45) is -0.902. The predicted molar refractivity (Wildman–Crippen MR) is 87.7 cm³/mol. The third-order valence-electron chi connectivity index (χ3n) is 3.32. The van der Waals surface area contributed by atoms with Crippen molar-refractivity contribution in [1.82, 2.24) is 0 Å². The van der Waals surface area contributed by atoms with Crippen molar-refractivity contribution in [3.8, 4) is 0 Å². The van der Waals surface area contributed by atoms with Crippen LogP contribution in [0.5, 0.6) is 0 Å². The zero-order valence-electron chi connectivity index (χ0n) is 13.3. The largest absolute Gasteiger partial charge is 0.346 e. The molecule has 2 aromatic rings. The van der Waals surface area contributed by atoms with Gasteiger partial charge in [-0.05, 0) is 13.8 Å². The van der Waals surface area contributed by atoms with Gasteiger partial charge in [-0.1, -0.05) is 54.6 Å². The van der Waals surface area contributed by atoms with Crippen molar-refractivity contribution >= 4 is 11.6 Å². The quantitative estimate of drug-likeness (QED) is 0.553. The second kappa shape index (κ2) is 8.36. The number of hydrogen-bond donors (Lipinski definition) is 0. The van der Waals surface area contributed by atoms with Crippen LogP contribution in [0.2, 0.25) is 0 Å². The summed E-state index contributed by atoms with van der Waals surface area (Å²) >= 11 is 0. The Labute approximate surface area is 136 Å². The molecular formula is C19H20O4. The molecule has 0 unspecified atom stereocenters. The number of carbonyl (C=O) groups excluding carboxylic acids is 2. The molecule has 0 N–H and O–H groups in total. The average molecular weight is 312 g/mol. The Morgan fingerprint density at radius 2 is 1.26 bits per heavy atom. The first-order chi connectivity index (χ1) is 11.2. The lowest BCUT2D eigenvalue weighted by Crippen LogP contribution is -2.27. The van der Waals surface area contributed by atoms with Crippen LogP contribution < -0.4 is 0 Å². The van der Waals surface area contributed by atoms with Crippen LogP contribution in [0.15, 0.2) is 54.6 Å². The van der Waals surface area contributed by atoms with Crippen LogP contribution in [0.25, 0.3) is 0 Å². The van der Waals surface area contributed by atoms with Crippen molar-refractivity contribution in [1.29, 1.82) is 0 Å². The second-order valence-electron chi connectivity index (χ2n) is 4.88. The highest BCUT2D eigenvalue weighted by atomic mass is 16.7. The van der Waals surface area contributed by atoms with Crippen molar-refractivity contribution in [2.24, 2.45) is 0 Å². The van der Waals surface area contributed by atoms with Gasteiger partial charge in [0.15, 0.2) is 5.78 Å². The lowest BCUT2D eigenvalue weighted by molar-refractivity contribution is -0.107. The van der Waals surface area contributed by atoms with Crippen LogP contribution in [0, 0.1) is 0 Å². The number of ether oxygens (including phenoxy) is 2. The lowest BCUT2D eigenvalue weighted by atomic mass is 10.0. The zero-order chi connectivity index (χ0) is 16.7. The van der Waals surface area contributed by atoms with Crippen LogP contribution in [-0.2, 0) is 9.47 Å². The lowest BCUT2D eigenvalue weighted by Gasteiger charge is -2.15. The van der Waals surface area contributed by atoms with E-state index >= 15 is 0 Å². The third-order valence-corrected chi connectivity index (χ3v) is 3.32. The Kier molecular flexibility index (Phi) is 6.20. The molecule has 0 aliphatic heterocycles. The van der Waals surface area contributed by atoms with Gasteiger partial charge in [-0.2, -0.15) is 0 Å². The smallest absolute Gasteiger partial charge is 0.222 e. The average Bonchev–Trinajstić information content (AvgIpc) is 2.61. The highest BCUT2D eigenvalue weighted by Gasteiger charge is 2.21. The maximum Gasteiger partial charge on any atom is 0.222 e. The molecule has 0 amide bonds. The van der Waals surface area contributed by atoms with E-state index in [1.54, 1.807) is 50.2 Å². The van der Waals surface area contributed by atoms with Gasteiger partial charge in [-0.3, -0.25) is 9.59 Å². The molecular weight excluding hydrogens is 292 g/mol. The van der Waals surface area contributed by atoms with Gasteiger partial charge < -0.3 is 9.47 Å². The summed E-state index contributed by atoms with van der Waals surface area (Å²) in [4.78, 5) is 24.7. The van der Waals surface area contributed by atoms with Crippen molar-refractivity contribution in [2.45, 2.75) is 20.1 Å². The Morgan fingerprint density at radius 1 is 0.783 bits per heavy atom. The molecule has 0 atom stereocenters. The van der Waals surface area contributed by atoms with Crippen LogP contribution in [0.4, 0.5) is 0 Å². The summed E-state index contributed by atoms with van der Waals surface area (Å²) in [5, 5.41) is 0. The molecule has 0 bridgehead atoms. The van der Waals surface area contributed by atoms with Crippen LogP contribution in [0.1, 0.15) is 40.1 Å². The molecule has 0 fully saturated rings. The molecule has 0 aliphatic rings. The molecule has 4 nitrogen and oxygen atoms in total. The monoisotopic (exact) mass is 312 g/mol. The van der Waals surface area contributed by atoms with E-state index in [0.29, 0.717) is 29.9 Å². The summed E-state index contributed by atoms with van der Waals surface area (Å²) in [5.41, 5.74) is 1.62. The first-order valence-electron chi connectivity index (χ1n) is 7.64. The van der Waals surface area contributed by atoms with E-state index in [9.17, 15) is 9.59 Å². The van der Waals surface area contributed by atoms with Gasteiger partial charge in [0.2, 0.25) is 12.1 Å². The Morgan fingerprint density at radius 3 is 1.78 bits per heavy atom. The summed E-state index contributed by atoms with van der Waals surface area (Å²) in [5.74, 6) is -0.317. The molecule has 2 aromatic carbocycles. The van der Waals surface area contributed by atoms with E-state index in [2.05, 4.69) is 0 Å². The maximum absolute atomic E-state index is 12.3. The fraction of sp³-hybridized carbons (Fsp3) is 0.263. The Hall–Kier alpha value is -2.30. The van der Waals surface area contributed by atoms with Gasteiger partial charge in [0.25, 0.3) is 0 Å². The zero-order valence-corrected chi connectivity index (χ0v) is 13.3. The standard InChI is InChI=1S/C19H20O4/c1-3-22-19(23-4-2)18(21)16-12-10-15(11-13-16)17(20)14-8-6-5-7-9-14/h5-13,19H,3-4H2,1-2H3. The van der Waals surface area contributed by atoms with Gasteiger partial charge in [0.1, 0.15) is 0 Å². The van der Waals surface area contributed by atoms with Crippen LogP contribution in [-0.4, -0.2) is 31.1 Å². The highest BCUT2D eigenvalue weighted by molar-refractivity contribution is 6.09. The number of ketones is 2. The van der Waals surface area contributed by atoms with Gasteiger partial charge in [0.05, 0.1) is 0 Å². The molecule has 0 saturated heterocycles. The summed E-state index contributed by atoms with van der Waals surface area (Å²) < 4.78 is 10.6. The third kappa shape index (κ3) is 4.34. The number of benzene rings is 2. The summed E-state index contributed by atoms with van der Waals surface area (Å²) in [6, 6.07) is 15.6. The van der Waals surface area contributed by atoms with Gasteiger partial charge >= 0.3 is 0 Å². The highest BCUT2D eigenvalue weighted by Crippen LogP contribution is 2.13. The van der Waals surface area contributed by atoms with Crippen LogP contribution >= 0.6 is 0 Å². The van der Waals surface area contributed by atoms with Gasteiger partial charge in [-0.25, -0.2) is 0 Å². The van der Waals surface area contributed by atoms with E-state index in [1.807, 2.05) is 18.2 Å². The van der Waals surface area contributed by atoms with Crippen molar-refractivity contribution < 1.29 is 19.1 Å². The molecule has 23 heavy (non-hydrogen) atoms. The summed E-state index contributed by atoms with van der Waals surface area (Å²) in [6.45, 7) is 4.39. The fourth-order valence-electron chi connectivity index (χ4n) is 2.18. The van der Waals surface area contributed by atoms with E-state index in [1.165, 1.54) is 0 Å². The normalized spacial score (nSPS) is 10.7. The van der Waals surface area contributed by atoms with Crippen molar-refractivity contribution in [2.75, 3.05) is 13.2 Å². The fourth-order valence-corrected chi connectivity index (χ4v) is 2.18. The minimum atomic E-state index is -0.902. The summed E-state index contributed by atoms with van der Waals surface area (Å²) in [7, 11) is 0. The molecule has 0 saturated carbocycles. The minimum absolute atomic E-state index is 0.0734. The number of carbonyl (C=O) groups is 2. The first kappa shape index (κ1) is 17.1. The van der Waals surface area contributed by atoms with E-state index in [0.717, 1.165) is 0 Å². The minimum Gasteiger partial charge on any atom is -0.346 e. The van der Waals surface area contributed by atoms with Gasteiger partial charge in [0, 0.05) is 29.9 Å². The number of rotatable bonds is 8. The van der Waals surface area contributed by atoms with E-state index in [4.69, 9.17) is 9.47 Å². The van der Waals surface area contributed by atoms with Crippen molar-refractivity contribution in [3.05, 3.63) is 71.3 Å². The molecule has 0 spiro atoms. The van der Waals surface area contributed by atoms with Gasteiger partial charge in [-0.15, -0.1) is 0 Å². The number of Topliss-reactive ketones (excluding diaryl/α,β-unsaturated/α-hetero) is 1. The SMILES string of the molecule is CCOC(OCC)C(=O)c1ccc(C(=O)c2ccccc2)cc1. The first-order valence-corrected chi connectivity index (χ1v) is 7.64. The molecule has 0 radical (unpaired) electrons. The van der Waals surface area contributed by atoms with E-state index < -0.39 is 6.29 Å². The molecule has 2 rings (SSSR count). The molecule has 0 heterocycles. The van der Waals surface area contributed by atoms with E-state index in [-0.39, 0.29) is 11.6 Å². The second-order valence-corrected chi connectivity index (χ2v) is 4.88. The van der Waals surface area contributed by atoms with Crippen molar-refractivity contribution in [3.63, 3.8) is 0 Å². The van der Waals surface area contributed by atoms with Crippen LogP contribution in [0.3, 0.4) is 0 Å². The Bertz CT molecular complexity index is 641. The predicted octanol–water partition coefficient (Wildman–Crippen LogP) is 3.50. The molecule has 0 aliphatic carbocycles. The molecule has 120 valence electrons. The molecule has 0 aromatic heterocycles. The Balaban J connectivity index is 2.15. The molecule has 4 heteroatoms. The maximum atomic E-state index is 12.3.